The van der Waals surface area contributed by atoms with Crippen molar-refractivity contribution in [3.63, 3.8) is 0 Å². The van der Waals surface area contributed by atoms with Gasteiger partial charge in [-0.1, -0.05) is 255 Å². The van der Waals surface area contributed by atoms with Crippen molar-refractivity contribution in [3.8, 4) is 0 Å². The molecule has 0 aromatic heterocycles. The number of carbonyl (C=O) groups is 1. The Bertz CT molecular complexity index is 1060. The zero-order valence-corrected chi connectivity index (χ0v) is 42.5. The average Bonchev–Trinajstić information content (AvgIpc) is 3.30. The predicted octanol–water partition coefficient (Wildman–Crippen LogP) is 16.2. The Hall–Kier alpha value is -1.73. The van der Waals surface area contributed by atoms with Crippen LogP contribution in [0.1, 0.15) is 284 Å². The van der Waals surface area contributed by atoms with Gasteiger partial charge in [0.05, 0.1) is 18.8 Å². The fourth-order valence-electron chi connectivity index (χ4n) is 8.58. The summed E-state index contributed by atoms with van der Waals surface area (Å²) < 4.78 is 0. The lowest BCUT2D eigenvalue weighted by atomic mass is 10.00. The van der Waals surface area contributed by atoms with Crippen LogP contribution in [-0.2, 0) is 4.79 Å². The van der Waals surface area contributed by atoms with Gasteiger partial charge < -0.3 is 25.7 Å². The molecule has 0 heterocycles. The molecule has 0 aliphatic heterocycles. The fourth-order valence-corrected chi connectivity index (χ4v) is 8.58. The molecule has 64 heavy (non-hydrogen) atoms. The van der Waals surface area contributed by atoms with Crippen molar-refractivity contribution in [1.29, 1.82) is 0 Å². The summed E-state index contributed by atoms with van der Waals surface area (Å²) in [4.78, 5) is 12.5. The molecule has 0 bridgehead atoms. The van der Waals surface area contributed by atoms with E-state index >= 15 is 0 Å². The highest BCUT2D eigenvalue weighted by Crippen LogP contribution is 2.17. The molecule has 6 heteroatoms. The first-order valence-corrected chi connectivity index (χ1v) is 28.0. The topological polar surface area (TPSA) is 110 Å². The second-order valence-corrected chi connectivity index (χ2v) is 19.3. The first-order chi connectivity index (χ1) is 31.5. The number of hydrogen-bond donors (Lipinski definition) is 5. The van der Waals surface area contributed by atoms with Gasteiger partial charge >= 0.3 is 0 Å². The number of aliphatic hydroxyl groups excluding tert-OH is 4. The highest BCUT2D eigenvalue weighted by atomic mass is 16.3. The molecule has 4 unspecified atom stereocenters. The van der Waals surface area contributed by atoms with Crippen molar-refractivity contribution in [3.05, 3.63) is 48.6 Å². The molecular formula is C58H109NO5. The molecule has 1 amide bonds. The molecule has 0 aromatic rings. The Morgan fingerprint density at radius 2 is 0.734 bits per heavy atom. The van der Waals surface area contributed by atoms with Gasteiger partial charge in [0.1, 0.15) is 12.2 Å². The fraction of sp³-hybridized carbons (Fsp3) is 0.845. The van der Waals surface area contributed by atoms with Crippen LogP contribution in [-0.4, -0.2) is 57.3 Å². The lowest BCUT2D eigenvalue weighted by Gasteiger charge is -2.27. The largest absolute Gasteiger partial charge is 0.394 e. The molecular weight excluding hydrogens is 791 g/mol. The van der Waals surface area contributed by atoms with E-state index in [0.717, 1.165) is 51.4 Å². The van der Waals surface area contributed by atoms with Gasteiger partial charge in [-0.2, -0.15) is 0 Å². The van der Waals surface area contributed by atoms with E-state index in [0.29, 0.717) is 19.3 Å². The summed E-state index contributed by atoms with van der Waals surface area (Å²) in [6.45, 7) is 3.97. The van der Waals surface area contributed by atoms with Crippen LogP contribution in [0.15, 0.2) is 48.6 Å². The van der Waals surface area contributed by atoms with Gasteiger partial charge in [-0.25, -0.2) is 0 Å². The van der Waals surface area contributed by atoms with Gasteiger partial charge in [-0.3, -0.25) is 4.79 Å². The summed E-state index contributed by atoms with van der Waals surface area (Å²) in [6.07, 6.45) is 66.5. The normalized spacial score (nSPS) is 14.2. The first-order valence-electron chi connectivity index (χ1n) is 28.0. The Morgan fingerprint density at radius 3 is 1.14 bits per heavy atom. The summed E-state index contributed by atoms with van der Waals surface area (Å²) in [6, 6.07) is -1.01. The first kappa shape index (κ1) is 62.3. The zero-order valence-electron chi connectivity index (χ0n) is 42.5. The van der Waals surface area contributed by atoms with Crippen LogP contribution in [0.25, 0.3) is 0 Å². The number of unbranched alkanes of at least 4 members (excludes halogenated alkanes) is 34. The van der Waals surface area contributed by atoms with Crippen LogP contribution < -0.4 is 5.32 Å². The standard InChI is InChI=1S/C58H109NO5/c1-3-5-7-9-11-13-15-16-17-18-19-20-21-22-23-24-25-26-27-28-29-30-31-32-33-34-35-36-37-38-39-40-41-42-44-46-48-50-52-56(62)58(64)59-54(53-60)57(63)55(61)51-49-47-45-43-14-12-10-8-6-4-2/h8,10,25-26,28-29,43,45,54-57,60-63H,3-7,9,11-24,27,30-42,44,46-53H2,1-2H3,(H,59,64)/b10-8+,26-25-,29-28-,45-43+. The van der Waals surface area contributed by atoms with Crippen molar-refractivity contribution in [2.24, 2.45) is 0 Å². The molecule has 0 aliphatic carbocycles. The predicted molar refractivity (Wildman–Crippen MR) is 279 cm³/mol. The Balaban J connectivity index is 3.52. The lowest BCUT2D eigenvalue weighted by molar-refractivity contribution is -0.132. The third kappa shape index (κ3) is 45.4. The molecule has 0 rings (SSSR count). The van der Waals surface area contributed by atoms with Crippen LogP contribution in [0, 0.1) is 0 Å². The van der Waals surface area contributed by atoms with E-state index in [9.17, 15) is 25.2 Å². The highest BCUT2D eigenvalue weighted by molar-refractivity contribution is 5.80. The smallest absolute Gasteiger partial charge is 0.249 e. The molecule has 0 spiro atoms. The zero-order chi connectivity index (χ0) is 46.7. The van der Waals surface area contributed by atoms with E-state index < -0.39 is 36.9 Å². The molecule has 0 saturated heterocycles. The minimum absolute atomic E-state index is 0.360. The van der Waals surface area contributed by atoms with Crippen LogP contribution in [0.2, 0.25) is 0 Å². The van der Waals surface area contributed by atoms with Gasteiger partial charge in [-0.05, 0) is 77.0 Å². The summed E-state index contributed by atoms with van der Waals surface area (Å²) in [5.41, 5.74) is 0. The molecule has 0 fully saturated rings. The third-order valence-electron chi connectivity index (χ3n) is 13.0. The maximum absolute atomic E-state index is 12.5. The summed E-state index contributed by atoms with van der Waals surface area (Å²) in [5, 5.41) is 43.6. The Labute approximate surface area is 398 Å². The number of amides is 1. The van der Waals surface area contributed by atoms with Gasteiger partial charge in [-0.15, -0.1) is 0 Å². The van der Waals surface area contributed by atoms with Gasteiger partial charge in [0.2, 0.25) is 5.91 Å². The van der Waals surface area contributed by atoms with E-state index in [1.165, 1.54) is 199 Å². The Morgan fingerprint density at radius 1 is 0.391 bits per heavy atom. The van der Waals surface area contributed by atoms with Crippen LogP contribution in [0.5, 0.6) is 0 Å². The Kier molecular flexibility index (Phi) is 50.8. The quantitative estimate of drug-likeness (QED) is 0.0309. The molecule has 6 nitrogen and oxygen atoms in total. The number of aliphatic hydroxyl groups is 4. The average molecular weight is 901 g/mol. The molecule has 0 saturated carbocycles. The lowest BCUT2D eigenvalue weighted by Crippen LogP contribution is -2.53. The summed E-state index contributed by atoms with van der Waals surface area (Å²) in [5.74, 6) is -0.598. The molecule has 0 aromatic carbocycles. The molecule has 0 aliphatic rings. The number of rotatable bonds is 51. The van der Waals surface area contributed by atoms with Crippen molar-refractivity contribution in [1.82, 2.24) is 5.32 Å². The van der Waals surface area contributed by atoms with Crippen molar-refractivity contribution in [2.45, 2.75) is 308 Å². The van der Waals surface area contributed by atoms with E-state index in [1.54, 1.807) is 0 Å². The van der Waals surface area contributed by atoms with Crippen LogP contribution in [0.4, 0.5) is 0 Å². The maximum Gasteiger partial charge on any atom is 0.249 e. The van der Waals surface area contributed by atoms with Gasteiger partial charge in [0, 0.05) is 0 Å². The van der Waals surface area contributed by atoms with E-state index in [2.05, 4.69) is 67.8 Å². The molecule has 4 atom stereocenters. The minimum atomic E-state index is -1.29. The van der Waals surface area contributed by atoms with E-state index in [-0.39, 0.29) is 0 Å². The number of allylic oxidation sites excluding steroid dienone is 8. The molecule has 376 valence electrons. The number of carbonyl (C=O) groups excluding carboxylic acids is 1. The maximum atomic E-state index is 12.5. The third-order valence-corrected chi connectivity index (χ3v) is 13.0. The van der Waals surface area contributed by atoms with Crippen LogP contribution in [0.3, 0.4) is 0 Å². The number of nitrogens with one attached hydrogen (secondary N) is 1. The summed E-state index contributed by atoms with van der Waals surface area (Å²) >= 11 is 0. The second kappa shape index (κ2) is 52.2. The van der Waals surface area contributed by atoms with Crippen molar-refractivity contribution < 1.29 is 25.2 Å². The highest BCUT2D eigenvalue weighted by Gasteiger charge is 2.28. The molecule has 0 radical (unpaired) electrons. The van der Waals surface area contributed by atoms with Gasteiger partial charge in [0.15, 0.2) is 0 Å². The minimum Gasteiger partial charge on any atom is -0.394 e. The number of hydrogen-bond acceptors (Lipinski definition) is 5. The second-order valence-electron chi connectivity index (χ2n) is 19.3. The van der Waals surface area contributed by atoms with Gasteiger partial charge in [0.25, 0.3) is 0 Å². The van der Waals surface area contributed by atoms with E-state index in [1.807, 2.05) is 0 Å². The summed E-state index contributed by atoms with van der Waals surface area (Å²) in [7, 11) is 0. The monoisotopic (exact) mass is 900 g/mol. The van der Waals surface area contributed by atoms with Crippen LogP contribution >= 0.6 is 0 Å². The molecule has 5 N–H and O–H groups in total. The van der Waals surface area contributed by atoms with Crippen molar-refractivity contribution >= 4 is 5.91 Å². The van der Waals surface area contributed by atoms with E-state index in [4.69, 9.17) is 0 Å². The SMILES string of the molecule is CCC/C=C/CC/C=C/CCCC(O)C(O)C(CO)NC(=O)C(O)CCCCCCCCCCCCCCCCCC/C=C\C/C=C\CCCCCCCCCCCCCCCCC. The van der Waals surface area contributed by atoms with Crippen molar-refractivity contribution in [2.75, 3.05) is 6.61 Å².